The molecule has 0 aromatic heterocycles. The molecule has 120 valence electrons. The van der Waals surface area contributed by atoms with E-state index < -0.39 is 17.8 Å². The van der Waals surface area contributed by atoms with E-state index in [1.807, 2.05) is 12.2 Å². The van der Waals surface area contributed by atoms with Gasteiger partial charge in [-0.25, -0.2) is 0 Å². The molecule has 2 atom stereocenters. The number of aliphatic hydroxyl groups excluding tert-OH is 1. The Balaban J connectivity index is 1.93. The van der Waals surface area contributed by atoms with E-state index >= 15 is 0 Å². The Labute approximate surface area is 126 Å². The fourth-order valence-corrected chi connectivity index (χ4v) is 2.41. The lowest BCUT2D eigenvalue weighted by Gasteiger charge is -2.19. The highest BCUT2D eigenvalue weighted by Crippen LogP contribution is 2.30. The third-order valence-electron chi connectivity index (χ3n) is 3.71. The topological polar surface area (TPSA) is 49.3 Å². The SMILES string of the molecule is O=C(NCC(O)c1cccc(C(F)(F)F)c1)C1CC=CCC1. The Morgan fingerprint density at radius 1 is 1.36 bits per heavy atom. The normalized spacial score (nSPS) is 19.7. The highest BCUT2D eigenvalue weighted by Gasteiger charge is 2.31. The smallest absolute Gasteiger partial charge is 0.387 e. The molecule has 2 unspecified atom stereocenters. The number of amides is 1. The third kappa shape index (κ3) is 4.34. The van der Waals surface area contributed by atoms with Gasteiger partial charge in [0, 0.05) is 12.5 Å². The number of benzene rings is 1. The van der Waals surface area contributed by atoms with Gasteiger partial charge in [0.1, 0.15) is 0 Å². The number of aliphatic hydroxyl groups is 1. The van der Waals surface area contributed by atoms with Gasteiger partial charge in [-0.15, -0.1) is 0 Å². The summed E-state index contributed by atoms with van der Waals surface area (Å²) in [6.07, 6.45) is 0.596. The van der Waals surface area contributed by atoms with Crippen molar-refractivity contribution in [2.45, 2.75) is 31.5 Å². The van der Waals surface area contributed by atoms with E-state index in [2.05, 4.69) is 5.32 Å². The van der Waals surface area contributed by atoms with Crippen molar-refractivity contribution in [2.24, 2.45) is 5.92 Å². The van der Waals surface area contributed by atoms with Crippen molar-refractivity contribution in [3.05, 3.63) is 47.5 Å². The van der Waals surface area contributed by atoms with E-state index in [-0.39, 0.29) is 23.9 Å². The molecule has 1 aliphatic rings. The average Bonchev–Trinajstić information content (AvgIpc) is 2.52. The Morgan fingerprint density at radius 2 is 2.14 bits per heavy atom. The molecule has 0 spiro atoms. The van der Waals surface area contributed by atoms with Gasteiger partial charge in [0.15, 0.2) is 0 Å². The third-order valence-corrected chi connectivity index (χ3v) is 3.71. The first kappa shape index (κ1) is 16.5. The minimum atomic E-state index is -4.45. The highest BCUT2D eigenvalue weighted by molar-refractivity contribution is 5.79. The molecule has 6 heteroatoms. The largest absolute Gasteiger partial charge is 0.416 e. The summed E-state index contributed by atoms with van der Waals surface area (Å²) in [6, 6.07) is 4.51. The fourth-order valence-electron chi connectivity index (χ4n) is 2.41. The summed E-state index contributed by atoms with van der Waals surface area (Å²) in [7, 11) is 0. The molecule has 0 bridgehead atoms. The summed E-state index contributed by atoms with van der Waals surface area (Å²) in [5.74, 6) is -0.297. The summed E-state index contributed by atoms with van der Waals surface area (Å²) < 4.78 is 37.9. The first-order valence-corrected chi connectivity index (χ1v) is 7.16. The van der Waals surface area contributed by atoms with Gasteiger partial charge in [-0.05, 0) is 37.0 Å². The molecular weight excluding hydrogens is 295 g/mol. The quantitative estimate of drug-likeness (QED) is 0.839. The second-order valence-corrected chi connectivity index (χ2v) is 5.37. The molecule has 0 radical (unpaired) electrons. The molecule has 0 aliphatic heterocycles. The predicted molar refractivity (Wildman–Crippen MR) is 75.9 cm³/mol. The van der Waals surface area contributed by atoms with Crippen LogP contribution in [0.2, 0.25) is 0 Å². The number of alkyl halides is 3. The number of carbonyl (C=O) groups excluding carboxylic acids is 1. The van der Waals surface area contributed by atoms with Crippen LogP contribution in [0.1, 0.15) is 36.5 Å². The van der Waals surface area contributed by atoms with E-state index in [0.717, 1.165) is 25.0 Å². The summed E-state index contributed by atoms with van der Waals surface area (Å²) in [5, 5.41) is 12.6. The van der Waals surface area contributed by atoms with Gasteiger partial charge >= 0.3 is 6.18 Å². The number of nitrogens with one attached hydrogen (secondary N) is 1. The number of rotatable bonds is 4. The zero-order valence-corrected chi connectivity index (χ0v) is 11.9. The first-order chi connectivity index (χ1) is 10.4. The minimum absolute atomic E-state index is 0.0969. The monoisotopic (exact) mass is 313 g/mol. The number of halogens is 3. The average molecular weight is 313 g/mol. The van der Waals surface area contributed by atoms with Crippen molar-refractivity contribution in [1.82, 2.24) is 5.32 Å². The molecule has 22 heavy (non-hydrogen) atoms. The standard InChI is InChI=1S/C16H18F3NO2/c17-16(18,19)13-8-4-7-12(9-13)14(21)10-20-15(22)11-5-2-1-3-6-11/h1-2,4,7-9,11,14,21H,3,5-6,10H2,(H,20,22). The second kappa shape index (κ2) is 6.96. The highest BCUT2D eigenvalue weighted by atomic mass is 19.4. The van der Waals surface area contributed by atoms with Gasteiger partial charge in [-0.1, -0.05) is 24.3 Å². The van der Waals surface area contributed by atoms with Crippen molar-refractivity contribution < 1.29 is 23.1 Å². The molecule has 0 fully saturated rings. The fraction of sp³-hybridized carbons (Fsp3) is 0.438. The maximum absolute atomic E-state index is 12.6. The number of allylic oxidation sites excluding steroid dienone is 2. The van der Waals surface area contributed by atoms with Crippen molar-refractivity contribution in [3.63, 3.8) is 0 Å². The molecule has 1 aromatic rings. The van der Waals surface area contributed by atoms with Crippen LogP contribution in [0.25, 0.3) is 0 Å². The molecule has 2 rings (SSSR count). The molecule has 0 saturated carbocycles. The van der Waals surface area contributed by atoms with Crippen LogP contribution in [0.3, 0.4) is 0 Å². The molecule has 0 heterocycles. The maximum Gasteiger partial charge on any atom is 0.416 e. The van der Waals surface area contributed by atoms with Crippen LogP contribution in [0.5, 0.6) is 0 Å². The van der Waals surface area contributed by atoms with Gasteiger partial charge in [-0.3, -0.25) is 4.79 Å². The van der Waals surface area contributed by atoms with Crippen molar-refractivity contribution >= 4 is 5.91 Å². The summed E-state index contributed by atoms with van der Waals surface area (Å²) in [6.45, 7) is -0.0969. The van der Waals surface area contributed by atoms with Crippen LogP contribution < -0.4 is 5.32 Å². The zero-order chi connectivity index (χ0) is 16.2. The maximum atomic E-state index is 12.6. The van der Waals surface area contributed by atoms with E-state index in [0.29, 0.717) is 6.42 Å². The van der Waals surface area contributed by atoms with Crippen molar-refractivity contribution in [2.75, 3.05) is 6.54 Å². The Bertz CT molecular complexity index is 555. The summed E-state index contributed by atoms with van der Waals surface area (Å²) >= 11 is 0. The molecule has 2 N–H and O–H groups in total. The molecule has 3 nitrogen and oxygen atoms in total. The molecule has 1 aliphatic carbocycles. The lowest BCUT2D eigenvalue weighted by molar-refractivity contribution is -0.137. The lowest BCUT2D eigenvalue weighted by atomic mass is 9.93. The van der Waals surface area contributed by atoms with Gasteiger partial charge in [-0.2, -0.15) is 13.2 Å². The predicted octanol–water partition coefficient (Wildman–Crippen LogP) is 3.21. The second-order valence-electron chi connectivity index (χ2n) is 5.37. The van der Waals surface area contributed by atoms with Crippen LogP contribution in [0.15, 0.2) is 36.4 Å². The minimum Gasteiger partial charge on any atom is -0.387 e. The van der Waals surface area contributed by atoms with E-state index in [1.54, 1.807) is 0 Å². The first-order valence-electron chi connectivity index (χ1n) is 7.16. The van der Waals surface area contributed by atoms with Crippen molar-refractivity contribution in [3.8, 4) is 0 Å². The summed E-state index contributed by atoms with van der Waals surface area (Å²) in [5.41, 5.74) is -0.675. The number of carbonyl (C=O) groups is 1. The van der Waals surface area contributed by atoms with E-state index in [1.165, 1.54) is 12.1 Å². The number of hydrogen-bond donors (Lipinski definition) is 2. The lowest BCUT2D eigenvalue weighted by Crippen LogP contribution is -2.34. The molecular formula is C16H18F3NO2. The molecule has 1 aromatic carbocycles. The van der Waals surface area contributed by atoms with Crippen molar-refractivity contribution in [1.29, 1.82) is 0 Å². The van der Waals surface area contributed by atoms with E-state index in [9.17, 15) is 23.1 Å². The Morgan fingerprint density at radius 3 is 2.77 bits per heavy atom. The molecule has 0 saturated heterocycles. The van der Waals surface area contributed by atoms with Crippen LogP contribution in [-0.2, 0) is 11.0 Å². The molecule has 1 amide bonds. The van der Waals surface area contributed by atoms with E-state index in [4.69, 9.17) is 0 Å². The summed E-state index contributed by atoms with van der Waals surface area (Å²) in [4.78, 5) is 11.9. The van der Waals surface area contributed by atoms with Gasteiger partial charge in [0.05, 0.1) is 11.7 Å². The zero-order valence-electron chi connectivity index (χ0n) is 11.9. The van der Waals surface area contributed by atoms with Gasteiger partial charge < -0.3 is 10.4 Å². The number of hydrogen-bond acceptors (Lipinski definition) is 2. The van der Waals surface area contributed by atoms with Gasteiger partial charge in [0.25, 0.3) is 0 Å². The van der Waals surface area contributed by atoms with Crippen LogP contribution in [0, 0.1) is 5.92 Å². The van der Waals surface area contributed by atoms with Gasteiger partial charge in [0.2, 0.25) is 5.91 Å². The Kier molecular flexibility index (Phi) is 5.24. The Hall–Kier alpha value is -1.82. The van der Waals surface area contributed by atoms with Crippen LogP contribution in [0.4, 0.5) is 13.2 Å². The van der Waals surface area contributed by atoms with Crippen LogP contribution in [-0.4, -0.2) is 17.6 Å². The van der Waals surface area contributed by atoms with Crippen LogP contribution >= 0.6 is 0 Å².